The number of nitrogens with zero attached hydrogens (tertiary/aromatic N) is 4. The number of hydrogen-bond acceptors (Lipinski definition) is 9. The van der Waals surface area contributed by atoms with Crippen molar-refractivity contribution in [1.29, 1.82) is 0 Å². The molecule has 0 fully saturated rings. The van der Waals surface area contributed by atoms with E-state index in [0.29, 0.717) is 31.1 Å². The maximum absolute atomic E-state index is 11.6. The number of thiazole rings is 2. The van der Waals surface area contributed by atoms with Crippen LogP contribution in [-0.2, 0) is 23.4 Å². The molecular formula is C35H30N4O4S2. The molecule has 45 heavy (non-hydrogen) atoms. The molecule has 6 rings (SSSR count). The van der Waals surface area contributed by atoms with Gasteiger partial charge in [0.05, 0.1) is 22.8 Å². The molecule has 0 aliphatic rings. The second kappa shape index (κ2) is 13.8. The van der Waals surface area contributed by atoms with Crippen LogP contribution in [0.4, 0.5) is 0 Å². The number of benzene rings is 2. The molecule has 1 N–H and O–H groups in total. The Bertz CT molecular complexity index is 1720. The van der Waals surface area contributed by atoms with Gasteiger partial charge in [0.1, 0.15) is 34.7 Å². The van der Waals surface area contributed by atoms with Gasteiger partial charge in [0.2, 0.25) is 0 Å². The number of carboxylic acid groups (broad SMARTS) is 1. The molecule has 0 unspecified atom stereocenters. The number of pyridine rings is 2. The number of hydrogen-bond donors (Lipinski definition) is 1. The Morgan fingerprint density at radius 3 is 1.56 bits per heavy atom. The lowest BCUT2D eigenvalue weighted by atomic mass is 9.73. The highest BCUT2D eigenvalue weighted by Crippen LogP contribution is 2.38. The van der Waals surface area contributed by atoms with Crippen LogP contribution in [0.1, 0.15) is 40.9 Å². The van der Waals surface area contributed by atoms with Gasteiger partial charge in [-0.1, -0.05) is 43.3 Å². The van der Waals surface area contributed by atoms with Gasteiger partial charge in [0.25, 0.3) is 0 Å². The Kier molecular flexibility index (Phi) is 9.23. The predicted octanol–water partition coefficient (Wildman–Crippen LogP) is 8.05. The largest absolute Gasteiger partial charge is 0.486 e. The van der Waals surface area contributed by atoms with Crippen LogP contribution in [0.25, 0.3) is 22.8 Å². The molecule has 0 spiro atoms. The molecule has 0 radical (unpaired) electrons. The average molecular weight is 635 g/mol. The number of carboxylic acids is 1. The van der Waals surface area contributed by atoms with E-state index in [1.807, 2.05) is 95.7 Å². The average Bonchev–Trinajstić information content (AvgIpc) is 3.77. The van der Waals surface area contributed by atoms with Crippen molar-refractivity contribution in [1.82, 2.24) is 19.9 Å². The minimum atomic E-state index is -0.830. The van der Waals surface area contributed by atoms with Gasteiger partial charge >= 0.3 is 5.97 Å². The first-order chi connectivity index (χ1) is 22.0. The zero-order valence-electron chi connectivity index (χ0n) is 24.5. The number of ether oxygens (including phenoxy) is 2. The first-order valence-electron chi connectivity index (χ1n) is 14.4. The molecule has 0 aliphatic carbocycles. The molecule has 6 aromatic rings. The number of aromatic nitrogens is 4. The Labute approximate surface area is 269 Å². The van der Waals surface area contributed by atoms with Crippen LogP contribution in [0.5, 0.6) is 11.5 Å². The van der Waals surface area contributed by atoms with Crippen molar-refractivity contribution in [3.05, 3.63) is 129 Å². The summed E-state index contributed by atoms with van der Waals surface area (Å²) in [7, 11) is 0. The van der Waals surface area contributed by atoms with Crippen LogP contribution in [0.2, 0.25) is 0 Å². The van der Waals surface area contributed by atoms with Crippen LogP contribution in [0.15, 0.2) is 108 Å². The summed E-state index contributed by atoms with van der Waals surface area (Å²) in [6, 6.07) is 27.2. The minimum Gasteiger partial charge on any atom is -0.486 e. The second-order valence-electron chi connectivity index (χ2n) is 10.5. The Balaban J connectivity index is 1.11. The SMILES string of the molecule is CC(CCC(=O)O)(c1ccc(OCc2nc(-c3ccccn3)cs2)cc1)c1ccc(OCc2nc(-c3ccccn3)cs2)cc1. The standard InChI is InChI=1S/C35H30N4O4S2/c1-35(17-16-34(40)41,24-8-12-26(13-9-24)42-20-32-38-30(22-44-32)28-6-2-4-18-36-28)25-10-14-27(15-11-25)43-21-33-39-31(23-45-33)29-7-3-5-19-37-29/h2-15,18-19,22-23H,16-17,20-21H2,1H3,(H,40,41). The summed E-state index contributed by atoms with van der Waals surface area (Å²) in [5, 5.41) is 15.2. The fourth-order valence-electron chi connectivity index (χ4n) is 4.96. The molecular weight excluding hydrogens is 605 g/mol. The first kappa shape index (κ1) is 30.1. The summed E-state index contributed by atoms with van der Waals surface area (Å²) in [4.78, 5) is 29.6. The van der Waals surface area contributed by atoms with Gasteiger partial charge < -0.3 is 14.6 Å². The molecule has 0 bridgehead atoms. The van der Waals surface area contributed by atoms with Crippen LogP contribution in [0.3, 0.4) is 0 Å². The quantitative estimate of drug-likeness (QED) is 0.136. The van der Waals surface area contributed by atoms with Crippen LogP contribution < -0.4 is 9.47 Å². The van der Waals surface area contributed by atoms with Gasteiger partial charge in [-0.05, 0) is 66.1 Å². The molecule has 0 saturated carbocycles. The summed E-state index contributed by atoms with van der Waals surface area (Å²) >= 11 is 3.07. The van der Waals surface area contributed by atoms with Gasteiger partial charge in [-0.3, -0.25) is 14.8 Å². The lowest BCUT2D eigenvalue weighted by Crippen LogP contribution is -2.25. The highest BCUT2D eigenvalue weighted by atomic mass is 32.1. The predicted molar refractivity (Wildman–Crippen MR) is 176 cm³/mol. The fraction of sp³-hybridized carbons (Fsp3) is 0.171. The van der Waals surface area contributed by atoms with E-state index >= 15 is 0 Å². The molecule has 226 valence electrons. The molecule has 0 amide bonds. The van der Waals surface area contributed by atoms with E-state index in [2.05, 4.69) is 26.9 Å². The Hall–Kier alpha value is -4.93. The molecule has 10 heteroatoms. The summed E-state index contributed by atoms with van der Waals surface area (Å²) in [6.45, 7) is 2.77. The topological polar surface area (TPSA) is 107 Å². The summed E-state index contributed by atoms with van der Waals surface area (Å²) in [5.74, 6) is 0.597. The van der Waals surface area contributed by atoms with Gasteiger partial charge in [-0.2, -0.15) is 0 Å². The molecule has 0 saturated heterocycles. The van der Waals surface area contributed by atoms with Crippen LogP contribution in [-0.4, -0.2) is 31.0 Å². The molecule has 4 heterocycles. The van der Waals surface area contributed by atoms with Crippen molar-refractivity contribution in [3.63, 3.8) is 0 Å². The van der Waals surface area contributed by atoms with Crippen LogP contribution >= 0.6 is 22.7 Å². The lowest BCUT2D eigenvalue weighted by molar-refractivity contribution is -0.137. The molecule has 8 nitrogen and oxygen atoms in total. The van der Waals surface area contributed by atoms with E-state index in [-0.39, 0.29) is 6.42 Å². The number of rotatable bonds is 13. The van der Waals surface area contributed by atoms with Crippen molar-refractivity contribution >= 4 is 28.6 Å². The van der Waals surface area contributed by atoms with E-state index in [1.165, 1.54) is 22.7 Å². The third-order valence-electron chi connectivity index (χ3n) is 7.50. The normalized spacial score (nSPS) is 11.3. The van der Waals surface area contributed by atoms with Crippen molar-refractivity contribution < 1.29 is 19.4 Å². The van der Waals surface area contributed by atoms with E-state index in [4.69, 9.17) is 9.47 Å². The van der Waals surface area contributed by atoms with Gasteiger partial charge in [0.15, 0.2) is 0 Å². The highest BCUT2D eigenvalue weighted by Gasteiger charge is 2.30. The molecule has 0 atom stereocenters. The van der Waals surface area contributed by atoms with E-state index in [0.717, 1.165) is 43.9 Å². The minimum absolute atomic E-state index is 0.0400. The number of aliphatic carboxylic acids is 1. The fourth-order valence-corrected chi connectivity index (χ4v) is 6.36. The summed E-state index contributed by atoms with van der Waals surface area (Å²) in [5.41, 5.74) is 4.80. The highest BCUT2D eigenvalue weighted by molar-refractivity contribution is 7.10. The van der Waals surface area contributed by atoms with E-state index in [1.54, 1.807) is 12.4 Å². The summed E-state index contributed by atoms with van der Waals surface area (Å²) in [6.07, 6.45) is 3.98. The molecule has 2 aromatic carbocycles. The zero-order chi connectivity index (χ0) is 31.1. The Morgan fingerprint density at radius 1 is 0.689 bits per heavy atom. The van der Waals surface area contributed by atoms with E-state index < -0.39 is 11.4 Å². The zero-order valence-corrected chi connectivity index (χ0v) is 26.1. The third kappa shape index (κ3) is 7.42. The van der Waals surface area contributed by atoms with Crippen molar-refractivity contribution in [2.45, 2.75) is 38.4 Å². The smallest absolute Gasteiger partial charge is 0.303 e. The van der Waals surface area contributed by atoms with Crippen molar-refractivity contribution in [3.8, 4) is 34.3 Å². The van der Waals surface area contributed by atoms with Crippen LogP contribution in [0, 0.1) is 0 Å². The maximum Gasteiger partial charge on any atom is 0.303 e. The van der Waals surface area contributed by atoms with Gasteiger partial charge in [-0.25, -0.2) is 9.97 Å². The molecule has 0 aliphatic heterocycles. The van der Waals surface area contributed by atoms with Crippen molar-refractivity contribution in [2.24, 2.45) is 0 Å². The first-order valence-corrected chi connectivity index (χ1v) is 16.1. The van der Waals surface area contributed by atoms with Gasteiger partial charge in [-0.15, -0.1) is 22.7 Å². The molecule has 4 aromatic heterocycles. The third-order valence-corrected chi connectivity index (χ3v) is 9.15. The number of carbonyl (C=O) groups is 1. The van der Waals surface area contributed by atoms with Gasteiger partial charge in [0, 0.05) is 35.0 Å². The summed E-state index contributed by atoms with van der Waals surface area (Å²) < 4.78 is 12.1. The monoisotopic (exact) mass is 634 g/mol. The lowest BCUT2D eigenvalue weighted by Gasteiger charge is -2.31. The Morgan fingerprint density at radius 2 is 1.16 bits per heavy atom. The maximum atomic E-state index is 11.6. The van der Waals surface area contributed by atoms with Crippen molar-refractivity contribution in [2.75, 3.05) is 0 Å². The van der Waals surface area contributed by atoms with E-state index in [9.17, 15) is 9.90 Å². The second-order valence-corrected chi connectivity index (χ2v) is 12.4.